The maximum Gasteiger partial charge on any atom is 0.165 e. The van der Waals surface area contributed by atoms with E-state index in [0.717, 1.165) is 88.3 Å². The average Bonchev–Trinajstić information content (AvgIpc) is 3.60. The molecule has 0 unspecified atom stereocenters. The van der Waals surface area contributed by atoms with Gasteiger partial charge in [0.1, 0.15) is 16.5 Å². The van der Waals surface area contributed by atoms with Crippen molar-refractivity contribution in [1.29, 1.82) is 0 Å². The van der Waals surface area contributed by atoms with Gasteiger partial charge in [-0.1, -0.05) is 97.1 Å². The van der Waals surface area contributed by atoms with Crippen molar-refractivity contribution in [2.24, 2.45) is 0 Å². The van der Waals surface area contributed by atoms with Gasteiger partial charge in [-0.05, 0) is 23.3 Å². The van der Waals surface area contributed by atoms with Crippen molar-refractivity contribution in [2.75, 3.05) is 0 Å². The third kappa shape index (κ3) is 3.39. The smallest absolute Gasteiger partial charge is 0.165 e. The van der Waals surface area contributed by atoms with Crippen molar-refractivity contribution in [1.82, 2.24) is 33.7 Å². The van der Waals surface area contributed by atoms with Crippen molar-refractivity contribution >= 4 is 60.5 Å². The number of benzene rings is 4. The number of para-hydroxylation sites is 2. The summed E-state index contributed by atoms with van der Waals surface area (Å²) in [6.07, 6.45) is 8.98. The first-order valence-corrected chi connectivity index (χ1v) is 15.2. The Morgan fingerprint density at radius 3 is 1.70 bits per heavy atom. The Morgan fingerprint density at radius 2 is 1.04 bits per heavy atom. The molecule has 0 radical (unpaired) electrons. The molecule has 7 nitrogen and oxygen atoms in total. The molecule has 0 aliphatic rings. The van der Waals surface area contributed by atoms with E-state index in [0.29, 0.717) is 0 Å². The molecule has 0 bridgehead atoms. The van der Waals surface area contributed by atoms with E-state index in [2.05, 4.69) is 111 Å². The van der Waals surface area contributed by atoms with Gasteiger partial charge in [0, 0.05) is 57.5 Å². The van der Waals surface area contributed by atoms with E-state index < -0.39 is 0 Å². The summed E-state index contributed by atoms with van der Waals surface area (Å²) < 4.78 is 4.59. The molecule has 0 N–H and O–H groups in total. The number of pyridine rings is 1. The van der Waals surface area contributed by atoms with Gasteiger partial charge in [0.25, 0.3) is 0 Å². The number of hydrogen-bond acceptors (Lipinski definition) is 5. The van der Waals surface area contributed by atoms with E-state index >= 15 is 0 Å². The lowest BCUT2D eigenvalue weighted by Gasteiger charge is -2.11. The molecule has 0 atom stereocenters. The monoisotopic (exact) mass is 589 g/mol. The largest absolute Gasteiger partial charge is 0.276 e. The zero-order valence-electron chi connectivity index (χ0n) is 24.4. The Labute approximate surface area is 261 Å². The van der Waals surface area contributed by atoms with Crippen molar-refractivity contribution in [3.8, 4) is 11.3 Å². The van der Waals surface area contributed by atoms with Crippen LogP contribution >= 0.6 is 0 Å². The highest BCUT2D eigenvalue weighted by atomic mass is 15.1. The van der Waals surface area contributed by atoms with Gasteiger partial charge in [-0.25, -0.2) is 15.0 Å². The first kappa shape index (κ1) is 24.9. The molecule has 0 saturated heterocycles. The lowest BCUT2D eigenvalue weighted by atomic mass is 9.98. The van der Waals surface area contributed by atoms with Crippen LogP contribution in [0.4, 0.5) is 0 Å². The van der Waals surface area contributed by atoms with Crippen LogP contribution in [0.2, 0.25) is 0 Å². The molecule has 7 heteroatoms. The van der Waals surface area contributed by atoms with E-state index in [9.17, 15) is 0 Å². The van der Waals surface area contributed by atoms with Crippen LogP contribution in [0, 0.1) is 0 Å². The Balaban J connectivity index is 1.60. The summed E-state index contributed by atoms with van der Waals surface area (Å²) in [7, 11) is 0. The summed E-state index contributed by atoms with van der Waals surface area (Å²) >= 11 is 0. The van der Waals surface area contributed by atoms with Crippen molar-refractivity contribution in [3.63, 3.8) is 0 Å². The van der Waals surface area contributed by atoms with Crippen LogP contribution in [0.1, 0.15) is 11.1 Å². The molecular formula is C39H23N7. The summed E-state index contributed by atoms with van der Waals surface area (Å²) in [6.45, 7) is 0. The third-order valence-electron chi connectivity index (χ3n) is 8.92. The molecule has 0 saturated carbocycles. The van der Waals surface area contributed by atoms with Gasteiger partial charge < -0.3 is 0 Å². The second kappa shape index (κ2) is 9.51. The maximum absolute atomic E-state index is 5.26. The maximum atomic E-state index is 5.26. The van der Waals surface area contributed by atoms with Crippen molar-refractivity contribution in [2.45, 2.75) is 0 Å². The minimum Gasteiger partial charge on any atom is -0.276 e. The molecule has 0 spiro atoms. The second-order valence-corrected chi connectivity index (χ2v) is 11.4. The topological polar surface area (TPSA) is 73.3 Å². The van der Waals surface area contributed by atoms with Crippen LogP contribution < -0.4 is 5.48 Å². The Morgan fingerprint density at radius 1 is 0.478 bits per heavy atom. The summed E-state index contributed by atoms with van der Waals surface area (Å²) in [5.41, 5.74) is 11.3. The van der Waals surface area contributed by atoms with Gasteiger partial charge >= 0.3 is 0 Å². The van der Waals surface area contributed by atoms with Crippen LogP contribution in [0.3, 0.4) is 0 Å². The van der Waals surface area contributed by atoms with Gasteiger partial charge in [0.05, 0.1) is 22.9 Å². The highest BCUT2D eigenvalue weighted by molar-refractivity contribution is 6.22. The van der Waals surface area contributed by atoms with Crippen LogP contribution in [0.15, 0.2) is 140 Å². The van der Waals surface area contributed by atoms with Crippen LogP contribution in [0.5, 0.6) is 0 Å². The zero-order chi connectivity index (χ0) is 30.2. The molecule has 0 aliphatic carbocycles. The molecule has 10 aromatic rings. The molecule has 6 heterocycles. The van der Waals surface area contributed by atoms with Gasteiger partial charge in [0.2, 0.25) is 0 Å². The van der Waals surface area contributed by atoms with E-state index in [-0.39, 0.29) is 0 Å². The molecule has 4 aromatic carbocycles. The van der Waals surface area contributed by atoms with Gasteiger partial charge in [0.15, 0.2) is 11.3 Å². The fraction of sp³-hybridized carbons (Fsp3) is 0. The van der Waals surface area contributed by atoms with Crippen LogP contribution in [0.25, 0.3) is 71.7 Å². The Kier molecular flexibility index (Phi) is 5.15. The summed E-state index contributed by atoms with van der Waals surface area (Å²) in [6, 6.07) is 38.0. The van der Waals surface area contributed by atoms with Crippen LogP contribution in [-0.4, -0.2) is 33.7 Å². The minimum atomic E-state index is 0.770. The molecular weight excluding hydrogens is 566 g/mol. The minimum absolute atomic E-state index is 0.770. The molecule has 0 aliphatic heterocycles. The van der Waals surface area contributed by atoms with E-state index in [1.807, 2.05) is 18.3 Å². The molecule has 0 amide bonds. The Bertz CT molecular complexity index is 2800. The van der Waals surface area contributed by atoms with Crippen molar-refractivity contribution in [3.05, 3.63) is 157 Å². The van der Waals surface area contributed by atoms with Crippen LogP contribution in [-0.2, 0) is 0 Å². The number of hydrogen-bond donors (Lipinski definition) is 0. The third-order valence-corrected chi connectivity index (χ3v) is 8.92. The molecule has 214 valence electrons. The second-order valence-electron chi connectivity index (χ2n) is 11.4. The lowest BCUT2D eigenvalue weighted by molar-refractivity contribution is 0.998. The predicted molar refractivity (Wildman–Crippen MR) is 183 cm³/mol. The summed E-state index contributed by atoms with van der Waals surface area (Å²) in [5, 5.41) is 4.30. The fourth-order valence-electron chi connectivity index (χ4n) is 7.04. The van der Waals surface area contributed by atoms with Gasteiger partial charge in [-0.15, -0.1) is 0 Å². The Hall–Kier alpha value is -6.47. The zero-order valence-corrected chi connectivity index (χ0v) is 24.4. The fourth-order valence-corrected chi connectivity index (χ4v) is 7.04. The average molecular weight is 590 g/mol. The van der Waals surface area contributed by atoms with Crippen molar-refractivity contribution < 1.29 is 0 Å². The number of fused-ring (bicyclic) bond motifs is 7. The van der Waals surface area contributed by atoms with E-state index in [1.54, 1.807) is 24.8 Å². The number of rotatable bonds is 3. The first-order chi connectivity index (χ1) is 22.9. The molecule has 10 rings (SSSR count). The number of aromatic nitrogens is 7. The normalized spacial score (nSPS) is 11.9. The molecule has 46 heavy (non-hydrogen) atoms. The first-order valence-electron chi connectivity index (χ1n) is 15.2. The quantitative estimate of drug-likeness (QED) is 0.215. The lowest BCUT2D eigenvalue weighted by Crippen LogP contribution is -2.25. The number of nitrogens with zero attached hydrogens (tertiary/aromatic N) is 7. The van der Waals surface area contributed by atoms with Gasteiger partial charge in [-0.3, -0.25) is 18.8 Å². The predicted octanol–water partition coefficient (Wildman–Crippen LogP) is 7.41. The standard InChI is InChI=1S/C39H23N7/c1-3-9-25(10-4-1)32(26-11-5-2-6-12-26)39-45-35-27(13-7-15-29(35)33-37(45)42-22-21-41-33)28-14-8-16-30-34-38(46(39)36(28)30)43-23-31(44-34)24-17-19-40-20-18-24/h1-23H. The highest BCUT2D eigenvalue weighted by Crippen LogP contribution is 2.37. The van der Waals surface area contributed by atoms with Gasteiger partial charge in [-0.2, -0.15) is 0 Å². The van der Waals surface area contributed by atoms with E-state index in [4.69, 9.17) is 19.9 Å². The summed E-state index contributed by atoms with van der Waals surface area (Å²) in [4.78, 5) is 24.5. The molecule has 0 fully saturated rings. The highest BCUT2D eigenvalue weighted by Gasteiger charge is 2.23. The molecule has 6 aromatic heterocycles. The summed E-state index contributed by atoms with van der Waals surface area (Å²) in [5.74, 6) is 0. The van der Waals surface area contributed by atoms with E-state index in [1.165, 1.54) is 0 Å². The SMILES string of the molecule is c1ccc(C(c2ccccc2)=c2n3c4nccnc4c4cccc(c5cccc6c7nc(-c8ccncc8)cnc7n2c56)c43)cc1.